The molecule has 0 saturated carbocycles. The van der Waals surface area contributed by atoms with Gasteiger partial charge in [-0.3, -0.25) is 0 Å². The molecule has 0 radical (unpaired) electrons. The Morgan fingerprint density at radius 1 is 1.14 bits per heavy atom. The topological polar surface area (TPSA) is 38.7 Å². The summed E-state index contributed by atoms with van der Waals surface area (Å²) >= 11 is 11.2. The molecule has 1 rings (SSSR count). The van der Waals surface area contributed by atoms with E-state index < -0.39 is 0 Å². The molecule has 0 aliphatic rings. The van der Waals surface area contributed by atoms with Gasteiger partial charge in [-0.2, -0.15) is 15.0 Å². The molecule has 0 unspecified atom stereocenters. The van der Waals surface area contributed by atoms with E-state index >= 15 is 0 Å². The van der Waals surface area contributed by atoms with Gasteiger partial charge in [0.15, 0.2) is 0 Å². The fourth-order valence-corrected chi connectivity index (χ4v) is 1.15. The van der Waals surface area contributed by atoms with E-state index in [1.165, 1.54) is 0 Å². The standard InChI is InChI=1S/C9H9Cl2N3/c1-2-3-4-5-6-7-12-8(10)14-9(11)13-7/h2-4H2,1H3. The summed E-state index contributed by atoms with van der Waals surface area (Å²) in [4.78, 5) is 11.3. The number of aromatic nitrogens is 3. The van der Waals surface area contributed by atoms with Crippen molar-refractivity contribution in [3.05, 3.63) is 16.4 Å². The largest absolute Gasteiger partial charge is 0.227 e. The number of unbranched alkanes of at least 4 members (excludes halogenated alkanes) is 2. The highest BCUT2D eigenvalue weighted by Crippen LogP contribution is 2.05. The highest BCUT2D eigenvalue weighted by molar-refractivity contribution is 6.31. The van der Waals surface area contributed by atoms with Crippen LogP contribution in [0.15, 0.2) is 0 Å². The zero-order valence-electron chi connectivity index (χ0n) is 7.72. The van der Waals surface area contributed by atoms with E-state index in [1.54, 1.807) is 0 Å². The molecule has 0 saturated heterocycles. The Labute approximate surface area is 92.9 Å². The summed E-state index contributed by atoms with van der Waals surface area (Å²) in [5, 5.41) is 0.148. The van der Waals surface area contributed by atoms with E-state index in [1.807, 2.05) is 0 Å². The second-order valence-corrected chi connectivity index (χ2v) is 3.28. The fraction of sp³-hybridized carbons (Fsp3) is 0.444. The van der Waals surface area contributed by atoms with Crippen molar-refractivity contribution in [3.63, 3.8) is 0 Å². The molecule has 5 heteroatoms. The summed E-state index contributed by atoms with van der Waals surface area (Å²) in [6, 6.07) is 0. The van der Waals surface area contributed by atoms with Crippen LogP contribution < -0.4 is 0 Å². The number of nitrogens with zero attached hydrogens (tertiary/aromatic N) is 3. The number of hydrogen-bond donors (Lipinski definition) is 0. The van der Waals surface area contributed by atoms with Gasteiger partial charge in [0, 0.05) is 6.42 Å². The van der Waals surface area contributed by atoms with Gasteiger partial charge >= 0.3 is 0 Å². The second-order valence-electron chi connectivity index (χ2n) is 2.60. The molecule has 1 aromatic rings. The predicted octanol–water partition coefficient (Wildman–Crippen LogP) is 2.72. The Balaban J connectivity index is 2.69. The van der Waals surface area contributed by atoms with Gasteiger partial charge in [0.1, 0.15) is 0 Å². The minimum Gasteiger partial charge on any atom is -0.190 e. The van der Waals surface area contributed by atoms with Crippen molar-refractivity contribution < 1.29 is 0 Å². The maximum absolute atomic E-state index is 5.58. The van der Waals surface area contributed by atoms with Gasteiger partial charge in [-0.1, -0.05) is 19.3 Å². The summed E-state index contributed by atoms with van der Waals surface area (Å²) < 4.78 is 0. The van der Waals surface area contributed by atoms with Crippen molar-refractivity contribution in [1.82, 2.24) is 15.0 Å². The summed E-state index contributed by atoms with van der Waals surface area (Å²) in [5.41, 5.74) is 0. The lowest BCUT2D eigenvalue weighted by Gasteiger charge is -1.91. The van der Waals surface area contributed by atoms with Crippen molar-refractivity contribution in [2.45, 2.75) is 26.2 Å². The van der Waals surface area contributed by atoms with E-state index in [9.17, 15) is 0 Å². The van der Waals surface area contributed by atoms with Crippen LogP contribution in [0.3, 0.4) is 0 Å². The zero-order chi connectivity index (χ0) is 10.4. The van der Waals surface area contributed by atoms with Crippen LogP contribution in [0.25, 0.3) is 0 Å². The van der Waals surface area contributed by atoms with Crippen LogP contribution in [0.4, 0.5) is 0 Å². The molecule has 74 valence electrons. The molecule has 14 heavy (non-hydrogen) atoms. The van der Waals surface area contributed by atoms with Crippen LogP contribution in [0.5, 0.6) is 0 Å². The van der Waals surface area contributed by atoms with Crippen molar-refractivity contribution in [3.8, 4) is 11.8 Å². The van der Waals surface area contributed by atoms with Gasteiger partial charge in [-0.25, -0.2) is 0 Å². The van der Waals surface area contributed by atoms with Gasteiger partial charge in [0.05, 0.1) is 0 Å². The first-order chi connectivity index (χ1) is 6.72. The molecule has 0 amide bonds. The Hall–Kier alpha value is -0.850. The Morgan fingerprint density at radius 3 is 2.36 bits per heavy atom. The summed E-state index contributed by atoms with van der Waals surface area (Å²) in [6.07, 6.45) is 3.02. The van der Waals surface area contributed by atoms with Gasteiger partial charge in [-0.05, 0) is 35.5 Å². The first-order valence-corrected chi connectivity index (χ1v) is 5.04. The van der Waals surface area contributed by atoms with Gasteiger partial charge < -0.3 is 0 Å². The smallest absolute Gasteiger partial charge is 0.190 e. The minimum atomic E-state index is 0.0739. The van der Waals surface area contributed by atoms with Crippen LogP contribution in [-0.4, -0.2) is 15.0 Å². The van der Waals surface area contributed by atoms with Crippen LogP contribution in [0, 0.1) is 11.8 Å². The van der Waals surface area contributed by atoms with Gasteiger partial charge in [0.25, 0.3) is 0 Å². The molecule has 0 N–H and O–H groups in total. The van der Waals surface area contributed by atoms with Crippen LogP contribution in [-0.2, 0) is 0 Å². The van der Waals surface area contributed by atoms with Crippen LogP contribution in [0.2, 0.25) is 10.6 Å². The molecule has 0 spiro atoms. The van der Waals surface area contributed by atoms with Gasteiger partial charge in [0.2, 0.25) is 16.4 Å². The van der Waals surface area contributed by atoms with Crippen LogP contribution in [0.1, 0.15) is 32.0 Å². The van der Waals surface area contributed by atoms with E-state index in [2.05, 4.69) is 33.7 Å². The average molecular weight is 230 g/mol. The number of halogens is 2. The Bertz CT molecular complexity index is 348. The van der Waals surface area contributed by atoms with Crippen molar-refractivity contribution in [2.24, 2.45) is 0 Å². The monoisotopic (exact) mass is 229 g/mol. The molecule has 0 aromatic carbocycles. The van der Waals surface area contributed by atoms with Crippen molar-refractivity contribution in [1.29, 1.82) is 0 Å². The first-order valence-electron chi connectivity index (χ1n) is 4.28. The average Bonchev–Trinajstić information content (AvgIpc) is 2.11. The maximum atomic E-state index is 5.58. The Kier molecular flexibility index (Phi) is 4.64. The highest BCUT2D eigenvalue weighted by atomic mass is 35.5. The fourth-order valence-electron chi connectivity index (χ4n) is 0.789. The minimum absolute atomic E-state index is 0.0739. The quantitative estimate of drug-likeness (QED) is 0.579. The zero-order valence-corrected chi connectivity index (χ0v) is 9.23. The molecular weight excluding hydrogens is 221 g/mol. The molecule has 1 aromatic heterocycles. The molecule has 0 bridgehead atoms. The predicted molar refractivity (Wildman–Crippen MR) is 56.3 cm³/mol. The highest BCUT2D eigenvalue weighted by Gasteiger charge is 1.98. The van der Waals surface area contributed by atoms with Gasteiger partial charge in [-0.15, -0.1) is 0 Å². The third kappa shape index (κ3) is 3.91. The normalized spacial score (nSPS) is 9.36. The lowest BCUT2D eigenvalue weighted by atomic mass is 10.2. The van der Waals surface area contributed by atoms with Crippen molar-refractivity contribution >= 4 is 23.2 Å². The van der Waals surface area contributed by atoms with E-state index in [0.29, 0.717) is 5.82 Å². The molecule has 0 fully saturated rings. The molecule has 0 aliphatic carbocycles. The third-order valence-corrected chi connectivity index (χ3v) is 1.77. The molecule has 3 nitrogen and oxygen atoms in total. The maximum Gasteiger partial charge on any atom is 0.227 e. The third-order valence-electron chi connectivity index (χ3n) is 1.44. The first kappa shape index (κ1) is 11.2. The SMILES string of the molecule is CCCCC#Cc1nc(Cl)nc(Cl)n1. The van der Waals surface area contributed by atoms with Crippen molar-refractivity contribution in [2.75, 3.05) is 0 Å². The number of rotatable bonds is 2. The summed E-state index contributed by atoms with van der Waals surface area (Å²) in [7, 11) is 0. The van der Waals surface area contributed by atoms with Crippen LogP contribution >= 0.6 is 23.2 Å². The molecule has 1 heterocycles. The molecule has 0 aliphatic heterocycles. The number of hydrogen-bond acceptors (Lipinski definition) is 3. The van der Waals surface area contributed by atoms with E-state index in [0.717, 1.165) is 19.3 Å². The Morgan fingerprint density at radius 2 is 1.79 bits per heavy atom. The second kappa shape index (κ2) is 5.79. The summed E-state index contributed by atoms with van der Waals surface area (Å²) in [6.45, 7) is 2.11. The molecule has 0 atom stereocenters. The lowest BCUT2D eigenvalue weighted by molar-refractivity contribution is 0.827. The lowest BCUT2D eigenvalue weighted by Crippen LogP contribution is -1.93. The summed E-state index contributed by atoms with van der Waals surface area (Å²) in [5.74, 6) is 6.04. The molecular formula is C9H9Cl2N3. The van der Waals surface area contributed by atoms with E-state index in [4.69, 9.17) is 23.2 Å². The van der Waals surface area contributed by atoms with E-state index in [-0.39, 0.29) is 10.6 Å².